The molecule has 0 aromatic heterocycles. The maximum absolute atomic E-state index is 11.0. The summed E-state index contributed by atoms with van der Waals surface area (Å²) in [5, 5.41) is 5.19. The summed E-state index contributed by atoms with van der Waals surface area (Å²) in [7, 11) is 0. The monoisotopic (exact) mass is 216 g/mol. The molecule has 0 aromatic rings. The summed E-state index contributed by atoms with van der Waals surface area (Å²) in [5.74, 6) is 0. The number of carbonyl (C=O) groups is 1. The molecule has 0 bridgehead atoms. The molecule has 0 aromatic carbocycles. The topological polar surface area (TPSA) is 41.1 Å². The van der Waals surface area contributed by atoms with E-state index in [1.54, 1.807) is 0 Å². The standard InChI is InChI=1S/C8H12N2OS2/c1-3-8(4-2)5(12)9-7(11)10-6(8)13/h3-4H2,1-2H3,(H2,9,10,11,12,13). The summed E-state index contributed by atoms with van der Waals surface area (Å²) < 4.78 is 0. The largest absolute Gasteiger partial charge is 0.324 e. The van der Waals surface area contributed by atoms with Crippen LogP contribution in [0.1, 0.15) is 26.7 Å². The number of nitrogens with one attached hydrogen (secondary N) is 2. The van der Waals surface area contributed by atoms with E-state index in [-0.39, 0.29) is 11.4 Å². The Labute approximate surface area is 88.3 Å². The Morgan fingerprint density at radius 3 is 1.85 bits per heavy atom. The van der Waals surface area contributed by atoms with E-state index in [4.69, 9.17) is 24.4 Å². The molecule has 1 aliphatic heterocycles. The van der Waals surface area contributed by atoms with E-state index >= 15 is 0 Å². The van der Waals surface area contributed by atoms with Crippen LogP contribution >= 0.6 is 24.4 Å². The molecule has 13 heavy (non-hydrogen) atoms. The van der Waals surface area contributed by atoms with Gasteiger partial charge < -0.3 is 10.6 Å². The Bertz CT molecular complexity index is 249. The Morgan fingerprint density at radius 2 is 1.54 bits per heavy atom. The molecule has 3 nitrogen and oxygen atoms in total. The number of amides is 2. The van der Waals surface area contributed by atoms with Crippen LogP contribution in [0.3, 0.4) is 0 Å². The third-order valence-electron chi connectivity index (χ3n) is 2.53. The van der Waals surface area contributed by atoms with Gasteiger partial charge in [0.05, 0.1) is 15.4 Å². The van der Waals surface area contributed by atoms with Crippen LogP contribution in [0, 0.1) is 5.41 Å². The molecule has 1 fully saturated rings. The van der Waals surface area contributed by atoms with Crippen LogP contribution in [0.15, 0.2) is 0 Å². The highest BCUT2D eigenvalue weighted by Gasteiger charge is 2.41. The summed E-state index contributed by atoms with van der Waals surface area (Å²) in [6.07, 6.45) is 1.63. The first-order chi connectivity index (χ1) is 6.06. The molecule has 0 unspecified atom stereocenters. The Hall–Kier alpha value is -0.550. The van der Waals surface area contributed by atoms with Crippen molar-refractivity contribution < 1.29 is 4.79 Å². The third-order valence-corrected chi connectivity index (χ3v) is 3.52. The van der Waals surface area contributed by atoms with Crippen LogP contribution in [-0.4, -0.2) is 16.0 Å². The second-order valence-corrected chi connectivity index (χ2v) is 3.84. The maximum Gasteiger partial charge on any atom is 0.324 e. The number of urea groups is 1. The maximum atomic E-state index is 11.0. The zero-order valence-electron chi connectivity index (χ0n) is 7.64. The van der Waals surface area contributed by atoms with Gasteiger partial charge in [0.1, 0.15) is 0 Å². The Balaban J connectivity index is 3.01. The summed E-state index contributed by atoms with van der Waals surface area (Å²) in [6, 6.07) is -0.312. The lowest BCUT2D eigenvalue weighted by molar-refractivity contribution is 0.246. The van der Waals surface area contributed by atoms with Gasteiger partial charge in [0.15, 0.2) is 0 Å². The van der Waals surface area contributed by atoms with Crippen molar-refractivity contribution in [3.05, 3.63) is 0 Å². The van der Waals surface area contributed by atoms with E-state index in [0.29, 0.717) is 9.98 Å². The van der Waals surface area contributed by atoms with Crippen molar-refractivity contribution in [2.75, 3.05) is 0 Å². The van der Waals surface area contributed by atoms with Gasteiger partial charge in [-0.2, -0.15) is 0 Å². The first-order valence-electron chi connectivity index (χ1n) is 4.23. The quantitative estimate of drug-likeness (QED) is 0.691. The fraction of sp³-hybridized carbons (Fsp3) is 0.625. The molecule has 1 saturated heterocycles. The fourth-order valence-electron chi connectivity index (χ4n) is 1.47. The average molecular weight is 216 g/mol. The molecule has 0 atom stereocenters. The molecule has 0 aliphatic carbocycles. The molecule has 0 spiro atoms. The van der Waals surface area contributed by atoms with Crippen LogP contribution < -0.4 is 10.6 Å². The van der Waals surface area contributed by atoms with Crippen LogP contribution in [0.5, 0.6) is 0 Å². The zero-order valence-corrected chi connectivity index (χ0v) is 9.27. The predicted octanol–water partition coefficient (Wildman–Crippen LogP) is 1.76. The molecule has 0 saturated carbocycles. The molecule has 1 heterocycles. The molecule has 72 valence electrons. The van der Waals surface area contributed by atoms with Gasteiger partial charge in [-0.1, -0.05) is 38.3 Å². The van der Waals surface area contributed by atoms with E-state index < -0.39 is 0 Å². The van der Waals surface area contributed by atoms with Gasteiger partial charge in [0, 0.05) is 0 Å². The normalized spacial score (nSPS) is 20.9. The van der Waals surface area contributed by atoms with Crippen molar-refractivity contribution in [1.82, 2.24) is 10.6 Å². The minimum atomic E-state index is -0.321. The Kier molecular flexibility index (Phi) is 2.98. The molecule has 1 rings (SSSR count). The molecule has 2 amide bonds. The lowest BCUT2D eigenvalue weighted by Gasteiger charge is -2.37. The van der Waals surface area contributed by atoms with Crippen LogP contribution in [0.25, 0.3) is 0 Å². The highest BCUT2D eigenvalue weighted by atomic mass is 32.1. The number of hydrogen-bond donors (Lipinski definition) is 2. The van der Waals surface area contributed by atoms with Crippen molar-refractivity contribution in [2.45, 2.75) is 26.7 Å². The van der Waals surface area contributed by atoms with Gasteiger partial charge in [0.25, 0.3) is 0 Å². The highest BCUT2D eigenvalue weighted by Crippen LogP contribution is 2.30. The lowest BCUT2D eigenvalue weighted by atomic mass is 9.81. The van der Waals surface area contributed by atoms with Gasteiger partial charge >= 0.3 is 6.03 Å². The SMILES string of the molecule is CCC1(CC)C(=S)NC(=O)NC1=S. The van der Waals surface area contributed by atoms with Crippen LogP contribution in [0.2, 0.25) is 0 Å². The second kappa shape index (κ2) is 3.67. The van der Waals surface area contributed by atoms with E-state index in [1.165, 1.54) is 0 Å². The molecule has 0 radical (unpaired) electrons. The second-order valence-electron chi connectivity index (χ2n) is 3.03. The molecular formula is C8H12N2OS2. The molecule has 5 heteroatoms. The van der Waals surface area contributed by atoms with Gasteiger partial charge in [-0.15, -0.1) is 0 Å². The lowest BCUT2D eigenvalue weighted by Crippen LogP contribution is -2.60. The number of thiocarbonyl (C=S) groups is 2. The van der Waals surface area contributed by atoms with Crippen molar-refractivity contribution >= 4 is 40.4 Å². The first-order valence-corrected chi connectivity index (χ1v) is 5.05. The van der Waals surface area contributed by atoms with Crippen LogP contribution in [-0.2, 0) is 0 Å². The van der Waals surface area contributed by atoms with E-state index in [0.717, 1.165) is 12.8 Å². The number of carbonyl (C=O) groups excluding carboxylic acids is 1. The summed E-state index contributed by atoms with van der Waals surface area (Å²) >= 11 is 10.3. The molecular weight excluding hydrogens is 204 g/mol. The van der Waals surface area contributed by atoms with Crippen molar-refractivity contribution in [1.29, 1.82) is 0 Å². The number of hydrogen-bond acceptors (Lipinski definition) is 3. The average Bonchev–Trinajstić information content (AvgIpc) is 2.05. The molecule has 1 aliphatic rings. The van der Waals surface area contributed by atoms with E-state index in [9.17, 15) is 4.79 Å². The predicted molar refractivity (Wildman–Crippen MR) is 59.9 cm³/mol. The Morgan fingerprint density at radius 1 is 1.15 bits per heavy atom. The van der Waals surface area contributed by atoms with Crippen LogP contribution in [0.4, 0.5) is 4.79 Å². The smallest absolute Gasteiger partial charge is 0.301 e. The van der Waals surface area contributed by atoms with Gasteiger partial charge in [-0.3, -0.25) is 0 Å². The van der Waals surface area contributed by atoms with Gasteiger partial charge in [-0.05, 0) is 12.8 Å². The van der Waals surface area contributed by atoms with Crippen molar-refractivity contribution in [3.63, 3.8) is 0 Å². The summed E-state index contributed by atoms with van der Waals surface area (Å²) in [5.41, 5.74) is -0.321. The van der Waals surface area contributed by atoms with Gasteiger partial charge in [0.2, 0.25) is 0 Å². The van der Waals surface area contributed by atoms with E-state index in [2.05, 4.69) is 10.6 Å². The third kappa shape index (κ3) is 1.58. The van der Waals surface area contributed by atoms with Crippen molar-refractivity contribution in [2.24, 2.45) is 5.41 Å². The summed E-state index contributed by atoms with van der Waals surface area (Å²) in [4.78, 5) is 12.1. The summed E-state index contributed by atoms with van der Waals surface area (Å²) in [6.45, 7) is 4.03. The fourth-order valence-corrected chi connectivity index (χ4v) is 2.50. The minimum absolute atomic E-state index is 0.312. The minimum Gasteiger partial charge on any atom is -0.301 e. The van der Waals surface area contributed by atoms with E-state index in [1.807, 2.05) is 13.8 Å². The molecule has 2 N–H and O–H groups in total. The number of rotatable bonds is 2. The highest BCUT2D eigenvalue weighted by molar-refractivity contribution is 7.82. The zero-order chi connectivity index (χ0) is 10.1. The first kappa shape index (κ1) is 10.5. The van der Waals surface area contributed by atoms with Gasteiger partial charge in [-0.25, -0.2) is 4.79 Å². The van der Waals surface area contributed by atoms with Crippen molar-refractivity contribution in [3.8, 4) is 0 Å².